The van der Waals surface area contributed by atoms with Crippen molar-refractivity contribution in [2.75, 3.05) is 6.54 Å². The molecule has 7 heteroatoms. The Kier molecular flexibility index (Phi) is 4.31. The number of primary amides is 2. The molecule has 0 aromatic heterocycles. The third-order valence-electron chi connectivity index (χ3n) is 4.70. The van der Waals surface area contributed by atoms with Gasteiger partial charge in [0.1, 0.15) is 6.23 Å². The highest BCUT2D eigenvalue weighted by molar-refractivity contribution is 5.81. The van der Waals surface area contributed by atoms with Crippen LogP contribution in [0.4, 0.5) is 0 Å². The number of aliphatic hydroxyl groups excluding tert-OH is 2. The standard InChI is InChI=1S/C13H23N3O4/c14-10(18)2-1-9(11(15)19)16-7-13(12(16)20)5-3-8(17)4-6-13/h8-9,12,17,20H,1-7H2,(H2,14,18)(H2,15,19). The van der Waals surface area contributed by atoms with E-state index >= 15 is 0 Å². The number of amides is 2. The fourth-order valence-corrected chi connectivity index (χ4v) is 3.40. The molecule has 1 heterocycles. The summed E-state index contributed by atoms with van der Waals surface area (Å²) in [5, 5.41) is 19.9. The lowest BCUT2D eigenvalue weighted by molar-refractivity contribution is -0.228. The summed E-state index contributed by atoms with van der Waals surface area (Å²) in [4.78, 5) is 24.0. The van der Waals surface area contributed by atoms with Crippen LogP contribution in [-0.2, 0) is 9.59 Å². The van der Waals surface area contributed by atoms with E-state index in [0.717, 1.165) is 12.8 Å². The molecule has 0 radical (unpaired) electrons. The van der Waals surface area contributed by atoms with Crippen molar-refractivity contribution in [3.63, 3.8) is 0 Å². The van der Waals surface area contributed by atoms with Gasteiger partial charge in [0.25, 0.3) is 0 Å². The average molecular weight is 285 g/mol. The molecular weight excluding hydrogens is 262 g/mol. The Labute approximate surface area is 117 Å². The molecule has 0 aromatic rings. The van der Waals surface area contributed by atoms with Crippen LogP contribution in [0.1, 0.15) is 38.5 Å². The van der Waals surface area contributed by atoms with E-state index in [0.29, 0.717) is 19.4 Å². The summed E-state index contributed by atoms with van der Waals surface area (Å²) < 4.78 is 0. The second-order valence-corrected chi connectivity index (χ2v) is 6.06. The molecule has 1 aliphatic heterocycles. The van der Waals surface area contributed by atoms with Crippen molar-refractivity contribution >= 4 is 11.8 Å². The summed E-state index contributed by atoms with van der Waals surface area (Å²) in [6.07, 6.45) is 2.12. The molecular formula is C13H23N3O4. The van der Waals surface area contributed by atoms with Crippen molar-refractivity contribution in [1.82, 2.24) is 4.90 Å². The first-order chi connectivity index (χ1) is 9.35. The van der Waals surface area contributed by atoms with Gasteiger partial charge in [-0.15, -0.1) is 0 Å². The zero-order chi connectivity index (χ0) is 14.9. The molecule has 20 heavy (non-hydrogen) atoms. The number of likely N-dealkylation sites (tertiary alicyclic amines) is 1. The van der Waals surface area contributed by atoms with Crippen LogP contribution in [-0.4, -0.2) is 51.8 Å². The zero-order valence-electron chi connectivity index (χ0n) is 11.5. The highest BCUT2D eigenvalue weighted by Gasteiger charge is 2.55. The van der Waals surface area contributed by atoms with E-state index in [1.807, 2.05) is 0 Å². The topological polar surface area (TPSA) is 130 Å². The van der Waals surface area contributed by atoms with Crippen LogP contribution in [0.3, 0.4) is 0 Å². The van der Waals surface area contributed by atoms with Gasteiger partial charge in [-0.25, -0.2) is 0 Å². The van der Waals surface area contributed by atoms with E-state index in [4.69, 9.17) is 11.5 Å². The molecule has 2 aliphatic rings. The minimum absolute atomic E-state index is 0.0720. The number of nitrogens with zero attached hydrogens (tertiary/aromatic N) is 1. The quantitative estimate of drug-likeness (QED) is 0.497. The fourth-order valence-electron chi connectivity index (χ4n) is 3.40. The van der Waals surface area contributed by atoms with Crippen molar-refractivity contribution in [3.05, 3.63) is 0 Å². The third-order valence-corrected chi connectivity index (χ3v) is 4.70. The maximum atomic E-state index is 11.5. The van der Waals surface area contributed by atoms with Gasteiger partial charge in [-0.2, -0.15) is 0 Å². The van der Waals surface area contributed by atoms with E-state index in [1.54, 1.807) is 4.90 Å². The Morgan fingerprint density at radius 2 is 1.85 bits per heavy atom. The maximum absolute atomic E-state index is 11.5. The summed E-state index contributed by atoms with van der Waals surface area (Å²) in [5.74, 6) is -1.03. The van der Waals surface area contributed by atoms with Gasteiger partial charge in [0, 0.05) is 18.4 Å². The Morgan fingerprint density at radius 1 is 1.25 bits per heavy atom. The van der Waals surface area contributed by atoms with Crippen molar-refractivity contribution in [3.8, 4) is 0 Å². The predicted octanol–water partition coefficient (Wildman–Crippen LogP) is -1.34. The summed E-state index contributed by atoms with van der Waals surface area (Å²) in [6.45, 7) is 0.577. The first-order valence-corrected chi connectivity index (χ1v) is 7.05. The van der Waals surface area contributed by atoms with Crippen molar-refractivity contribution in [1.29, 1.82) is 0 Å². The number of carbonyl (C=O) groups is 2. The molecule has 2 rings (SSSR count). The molecule has 2 atom stereocenters. The Balaban J connectivity index is 1.96. The first kappa shape index (κ1) is 15.2. The van der Waals surface area contributed by atoms with Crippen LogP contribution in [0.25, 0.3) is 0 Å². The normalized spacial score (nSPS) is 35.5. The summed E-state index contributed by atoms with van der Waals surface area (Å²) in [7, 11) is 0. The van der Waals surface area contributed by atoms with Crippen LogP contribution in [0, 0.1) is 5.41 Å². The van der Waals surface area contributed by atoms with Gasteiger partial charge in [-0.3, -0.25) is 14.5 Å². The van der Waals surface area contributed by atoms with E-state index in [9.17, 15) is 19.8 Å². The second-order valence-electron chi connectivity index (χ2n) is 6.06. The fraction of sp³-hybridized carbons (Fsp3) is 0.846. The molecule has 1 aliphatic carbocycles. The van der Waals surface area contributed by atoms with Crippen LogP contribution in [0.15, 0.2) is 0 Å². The summed E-state index contributed by atoms with van der Waals surface area (Å²) in [6, 6.07) is -0.657. The van der Waals surface area contributed by atoms with E-state index in [2.05, 4.69) is 0 Å². The van der Waals surface area contributed by atoms with Crippen molar-refractivity contribution < 1.29 is 19.8 Å². The van der Waals surface area contributed by atoms with E-state index < -0.39 is 24.1 Å². The molecule has 2 unspecified atom stereocenters. The summed E-state index contributed by atoms with van der Waals surface area (Å²) in [5.41, 5.74) is 10.2. The number of nitrogens with two attached hydrogens (primary N) is 2. The van der Waals surface area contributed by atoms with Gasteiger partial charge in [-0.1, -0.05) is 0 Å². The van der Waals surface area contributed by atoms with Gasteiger partial charge in [0.05, 0.1) is 12.1 Å². The number of hydrogen-bond donors (Lipinski definition) is 4. The monoisotopic (exact) mass is 285 g/mol. The molecule has 0 bridgehead atoms. The first-order valence-electron chi connectivity index (χ1n) is 7.05. The van der Waals surface area contributed by atoms with Crippen LogP contribution >= 0.6 is 0 Å². The second kappa shape index (κ2) is 5.67. The number of carbonyl (C=O) groups excluding carboxylic acids is 2. The lowest BCUT2D eigenvalue weighted by atomic mass is 9.65. The van der Waals surface area contributed by atoms with Gasteiger partial charge in [0.2, 0.25) is 11.8 Å². The van der Waals surface area contributed by atoms with E-state index in [-0.39, 0.29) is 24.4 Å². The lowest BCUT2D eigenvalue weighted by Gasteiger charge is -2.59. The smallest absolute Gasteiger partial charge is 0.234 e. The third kappa shape index (κ3) is 2.79. The predicted molar refractivity (Wildman–Crippen MR) is 71.0 cm³/mol. The molecule has 1 spiro atoms. The largest absolute Gasteiger partial charge is 0.393 e. The molecule has 114 valence electrons. The maximum Gasteiger partial charge on any atom is 0.234 e. The van der Waals surface area contributed by atoms with Crippen LogP contribution in [0.2, 0.25) is 0 Å². The average Bonchev–Trinajstić information content (AvgIpc) is 2.39. The van der Waals surface area contributed by atoms with Crippen molar-refractivity contribution in [2.45, 2.75) is 56.9 Å². The van der Waals surface area contributed by atoms with Gasteiger partial charge in [0.15, 0.2) is 0 Å². The van der Waals surface area contributed by atoms with Crippen LogP contribution in [0.5, 0.6) is 0 Å². The van der Waals surface area contributed by atoms with Crippen LogP contribution < -0.4 is 11.5 Å². The molecule has 2 amide bonds. The Bertz CT molecular complexity index is 393. The number of hydrogen-bond acceptors (Lipinski definition) is 5. The van der Waals surface area contributed by atoms with Gasteiger partial charge in [-0.05, 0) is 32.1 Å². The molecule has 6 N–H and O–H groups in total. The SMILES string of the molecule is NC(=O)CCC(C(N)=O)N1CC2(CCC(O)CC2)C1O. The molecule has 7 nitrogen and oxygen atoms in total. The highest BCUT2D eigenvalue weighted by atomic mass is 16.3. The Hall–Kier alpha value is -1.18. The van der Waals surface area contributed by atoms with Gasteiger partial charge >= 0.3 is 0 Å². The highest BCUT2D eigenvalue weighted by Crippen LogP contribution is 2.49. The molecule has 1 saturated carbocycles. The lowest BCUT2D eigenvalue weighted by Crippen LogP contribution is -2.70. The zero-order valence-corrected chi connectivity index (χ0v) is 11.5. The van der Waals surface area contributed by atoms with Gasteiger partial charge < -0.3 is 21.7 Å². The minimum Gasteiger partial charge on any atom is -0.393 e. The van der Waals surface area contributed by atoms with Crippen molar-refractivity contribution in [2.24, 2.45) is 16.9 Å². The minimum atomic E-state index is -0.736. The summed E-state index contributed by atoms with van der Waals surface area (Å²) >= 11 is 0. The molecule has 1 saturated heterocycles. The number of rotatable bonds is 5. The Morgan fingerprint density at radius 3 is 2.30 bits per heavy atom. The van der Waals surface area contributed by atoms with E-state index in [1.165, 1.54) is 0 Å². The number of aliphatic hydroxyl groups is 2. The molecule has 0 aromatic carbocycles. The molecule has 2 fully saturated rings.